The number of hydrogen-bond acceptors (Lipinski definition) is 25. The first-order valence-corrected chi connectivity index (χ1v) is 43.4. The molecule has 0 bridgehead atoms. The summed E-state index contributed by atoms with van der Waals surface area (Å²) in [4.78, 5) is 79.2. The monoisotopic (exact) mass is 1900 g/mol. The van der Waals surface area contributed by atoms with Crippen molar-refractivity contribution in [3.8, 4) is 73.6 Å². The van der Waals surface area contributed by atoms with Gasteiger partial charge in [-0.15, -0.1) is 0 Å². The Balaban J connectivity index is 0.000000210. The van der Waals surface area contributed by atoms with E-state index >= 15 is 0 Å². The van der Waals surface area contributed by atoms with Crippen LogP contribution >= 0.6 is 31.9 Å². The van der Waals surface area contributed by atoms with Crippen LogP contribution < -0.4 is 50.0 Å². The number of amides is 6. The molecule has 0 unspecified atom stereocenters. The Kier molecular flexibility index (Phi) is 37.7. The highest BCUT2D eigenvalue weighted by atomic mass is 79.9. The van der Waals surface area contributed by atoms with Crippen LogP contribution in [0.3, 0.4) is 0 Å². The minimum atomic E-state index is -3.44. The Morgan fingerprint density at radius 2 is 0.775 bits per heavy atom. The molecular weight excluding hydrogens is 1800 g/mol. The van der Waals surface area contributed by atoms with E-state index in [0.717, 1.165) is 82.0 Å². The average Bonchev–Trinajstić information content (AvgIpc) is 1.62. The smallest absolute Gasteiger partial charge is 0.494 e. The van der Waals surface area contributed by atoms with Crippen LogP contribution in [0.25, 0.3) is 57.1 Å². The van der Waals surface area contributed by atoms with Crippen LogP contribution in [0.1, 0.15) is 130 Å². The third-order valence-electron chi connectivity index (χ3n) is 20.2. The number of rotatable bonds is 25. The first kappa shape index (κ1) is 103. The number of phenols is 5. The normalized spacial score (nSPS) is 13.6. The first-order valence-electron chi connectivity index (χ1n) is 39.9. The molecule has 37 heteroatoms. The number of carbonyl (C=O) groups excluding carboxylic acids is 7. The number of aldehydes is 1. The number of aromatic nitrogens is 7. The largest absolute Gasteiger partial charge is 0.508 e. The van der Waals surface area contributed by atoms with E-state index in [4.69, 9.17) is 58.1 Å². The molecule has 2 aliphatic heterocycles. The van der Waals surface area contributed by atoms with Crippen molar-refractivity contribution < 1.29 is 86.1 Å². The van der Waals surface area contributed by atoms with Crippen molar-refractivity contribution in [1.29, 1.82) is 0 Å². The van der Waals surface area contributed by atoms with Gasteiger partial charge in [-0.2, -0.15) is 30.6 Å². The number of pyridine rings is 1. The zero-order valence-electron chi connectivity index (χ0n) is 72.6. The van der Waals surface area contributed by atoms with Crippen molar-refractivity contribution in [2.24, 2.45) is 34.4 Å². The van der Waals surface area contributed by atoms with E-state index < -0.39 is 70.3 Å². The maximum absolute atomic E-state index is 11.5. The standard InChI is InChI=1S/C19H19N5O3S.C15H22BNO4.C15H20BNO4.C14H15N3O.C13H13N3O2.C9H8BrNO2.C7H5BrO2/c1-28(26,27)24-19-12-14(8-10-21-19)16-6-4-15(17-3-2-9-22-23-17)11-13(16)5-7-18(20)25;2*1-14(2)15(3,4)21-16(20-14)11-6-7-12(18)10(9-11)5-8-13(17)19;1-10-4-5-12(13-3-2-8-16-17-13)9-11(10)6-7-14(15)18;14-13(18)6-4-10-8-9(3-5-12(10)17)11-2-1-7-15-16-11;10-7-2-3-8(12)6(5-7)1-4-9(11)13;8-6-1-2-7(10)5(3-6)4-9/h2-4,6,8-12H,5,7H2,1H3,(H2,20,25)(H,21,24);6-7,9,18H,5,8H2,1-4H3,(H2,17,19);5-9,18H,1-4H3,(H2,17,19);2-5,8-9H,6-7H2,1H3,(H2,15,18);1-3,5,7-8,17H,4,6H2,(H2,14,18);1-5,12H,(H2,11,13);1-4,10H/b;;8-5+;;;4-1+;. The minimum absolute atomic E-state index is 0.0122. The number of carbonyl (C=O) groups is 7. The fourth-order valence-electron chi connectivity index (χ4n) is 11.9. The van der Waals surface area contributed by atoms with Gasteiger partial charge in [-0.1, -0.05) is 80.4 Å². The third kappa shape index (κ3) is 32.7. The van der Waals surface area contributed by atoms with Gasteiger partial charge in [0.2, 0.25) is 45.5 Å². The molecule has 6 heterocycles. The molecule has 13 rings (SSSR count). The summed E-state index contributed by atoms with van der Waals surface area (Å²) in [7, 11) is -4.44. The number of halogens is 2. The zero-order valence-corrected chi connectivity index (χ0v) is 76.5. The number of nitrogens with two attached hydrogens (primary N) is 6. The number of benzene rings is 7. The third-order valence-corrected chi connectivity index (χ3v) is 21.8. The number of primary amides is 6. The van der Waals surface area contributed by atoms with E-state index in [9.17, 15) is 62.4 Å². The number of aryl methyl sites for hydroxylation is 5. The van der Waals surface area contributed by atoms with Crippen LogP contribution in [0.5, 0.6) is 28.7 Å². The maximum Gasteiger partial charge on any atom is 0.494 e. The number of hydrogen-bond donors (Lipinski definition) is 12. The predicted molar refractivity (Wildman–Crippen MR) is 502 cm³/mol. The SMILES string of the molecule is CC1(C)OB(c2ccc(O)c(/C=C/C(N)=O)c2)OC1(C)C.CC1(C)OB(c2ccc(O)c(CCC(N)=O)c2)OC1(C)C.CS(=O)(=O)Nc1cc(-c2ccc(-c3cccnn3)cc2CCC(N)=O)ccn1.Cc1ccc(-c2cccnn2)cc1CCC(N)=O.NC(=O)/C=C/c1cc(Br)ccc1O.NC(=O)CCc1cc(-c2cccnn2)ccc1O.O=Cc1cc(Br)ccc1O. The quantitative estimate of drug-likeness (QED) is 0.0144. The Labute approximate surface area is 765 Å². The van der Waals surface area contributed by atoms with E-state index in [2.05, 4.69) is 72.2 Å². The fourth-order valence-corrected chi connectivity index (χ4v) is 13.2. The second kappa shape index (κ2) is 47.4. The van der Waals surface area contributed by atoms with Gasteiger partial charge in [0.15, 0.2) is 6.29 Å². The second-order valence-electron chi connectivity index (χ2n) is 31.2. The number of aromatic hydroxyl groups is 5. The minimum Gasteiger partial charge on any atom is -0.508 e. The van der Waals surface area contributed by atoms with Crippen LogP contribution in [-0.2, 0) is 83.1 Å². The van der Waals surface area contributed by atoms with E-state index in [1.165, 1.54) is 42.6 Å². The molecule has 2 fully saturated rings. The van der Waals surface area contributed by atoms with Gasteiger partial charge in [0.25, 0.3) is 0 Å². The molecule has 32 nitrogen and oxygen atoms in total. The lowest BCUT2D eigenvalue weighted by Gasteiger charge is -2.32. The summed E-state index contributed by atoms with van der Waals surface area (Å²) < 4.78 is 50.8. The highest BCUT2D eigenvalue weighted by molar-refractivity contribution is 9.10. The molecule has 2 aliphatic rings. The molecule has 0 spiro atoms. The first-order chi connectivity index (χ1) is 60.7. The summed E-state index contributed by atoms with van der Waals surface area (Å²) in [6.45, 7) is 17.9. The van der Waals surface area contributed by atoms with Gasteiger partial charge in [0, 0.05) is 99.4 Å². The average molecular weight is 1910 g/mol. The van der Waals surface area contributed by atoms with E-state index in [1.54, 1.807) is 122 Å². The van der Waals surface area contributed by atoms with Crippen LogP contribution in [-0.4, -0.2) is 154 Å². The van der Waals surface area contributed by atoms with Gasteiger partial charge >= 0.3 is 14.2 Å². The molecule has 6 amide bonds. The van der Waals surface area contributed by atoms with Crippen LogP contribution in [0.4, 0.5) is 5.82 Å². The molecule has 11 aromatic rings. The van der Waals surface area contributed by atoms with Crippen molar-refractivity contribution in [3.05, 3.63) is 266 Å². The van der Waals surface area contributed by atoms with Gasteiger partial charge in [-0.05, 0) is 277 Å². The summed E-state index contributed by atoms with van der Waals surface area (Å²) in [6.07, 6.45) is 16.2. The highest BCUT2D eigenvalue weighted by Gasteiger charge is 2.53. The second-order valence-corrected chi connectivity index (χ2v) is 34.8. The van der Waals surface area contributed by atoms with Gasteiger partial charge in [-0.25, -0.2) is 13.4 Å². The van der Waals surface area contributed by atoms with Crippen molar-refractivity contribution >= 4 is 127 Å². The van der Waals surface area contributed by atoms with Gasteiger partial charge in [0.05, 0.1) is 51.3 Å². The van der Waals surface area contributed by atoms with Gasteiger partial charge in [0.1, 0.15) is 34.6 Å². The molecule has 7 aromatic carbocycles. The van der Waals surface area contributed by atoms with Crippen LogP contribution in [0, 0.1) is 6.92 Å². The Bertz CT molecular complexity index is 5810. The number of nitrogens with one attached hydrogen (secondary N) is 1. The Morgan fingerprint density at radius 3 is 1.19 bits per heavy atom. The van der Waals surface area contributed by atoms with Crippen molar-refractivity contribution in [1.82, 2.24) is 35.6 Å². The fraction of sp³-hybridized carbons (Fsp3) is 0.239. The van der Waals surface area contributed by atoms with Gasteiger partial charge < -0.3 is 78.6 Å². The van der Waals surface area contributed by atoms with E-state index in [0.29, 0.717) is 71.9 Å². The molecule has 2 saturated heterocycles. The molecular formula is C92H102B2Br2N14O18S. The molecule has 129 heavy (non-hydrogen) atoms. The van der Waals surface area contributed by atoms with Crippen molar-refractivity contribution in [3.63, 3.8) is 0 Å². The summed E-state index contributed by atoms with van der Waals surface area (Å²) in [6, 6.07) is 51.2. The predicted octanol–water partition coefficient (Wildman–Crippen LogP) is 11.1. The zero-order chi connectivity index (χ0) is 95.1. The highest BCUT2D eigenvalue weighted by Crippen LogP contribution is 2.39. The molecule has 0 atom stereocenters. The van der Waals surface area contributed by atoms with Crippen LogP contribution in [0.15, 0.2) is 222 Å². The molecule has 0 saturated carbocycles. The summed E-state index contributed by atoms with van der Waals surface area (Å²) >= 11 is 6.41. The van der Waals surface area contributed by atoms with Gasteiger partial charge in [-0.3, -0.25) is 38.3 Å². The number of anilines is 1. The summed E-state index contributed by atoms with van der Waals surface area (Å²) in [5.74, 6) is -1.86. The van der Waals surface area contributed by atoms with Crippen molar-refractivity contribution in [2.45, 2.75) is 136 Å². The maximum atomic E-state index is 11.5. The molecule has 18 N–H and O–H groups in total. The number of nitrogens with zero attached hydrogens (tertiary/aromatic N) is 7. The summed E-state index contributed by atoms with van der Waals surface area (Å²) in [5.41, 5.74) is 43.1. The summed E-state index contributed by atoms with van der Waals surface area (Å²) in [5, 5.41) is 71.4. The number of sulfonamides is 1. The Morgan fingerprint density at radius 1 is 0.419 bits per heavy atom. The van der Waals surface area contributed by atoms with Crippen LogP contribution in [0.2, 0.25) is 0 Å². The molecule has 0 radical (unpaired) electrons. The molecule has 0 aliphatic carbocycles. The lowest BCUT2D eigenvalue weighted by Crippen LogP contribution is -2.41. The number of phenolic OH excluding ortho intramolecular Hbond substituents is 5. The van der Waals surface area contributed by atoms with E-state index in [1.807, 2.05) is 123 Å². The van der Waals surface area contributed by atoms with E-state index in [-0.39, 0.29) is 65.6 Å². The lowest BCUT2D eigenvalue weighted by atomic mass is 9.78. The topological polar surface area (TPSA) is 550 Å². The lowest BCUT2D eigenvalue weighted by molar-refractivity contribution is -0.118. The van der Waals surface area contributed by atoms with Crippen molar-refractivity contribution in [2.75, 3.05) is 11.0 Å². The molecule has 4 aromatic heterocycles. The molecule has 674 valence electrons. The Hall–Kier alpha value is -13.4.